The number of nitrogen functional groups attached to an aromatic ring is 1. The van der Waals surface area contributed by atoms with Crippen LogP contribution in [0.3, 0.4) is 0 Å². The SMILES string of the molecule is COc1csc2c(N)c(CCl)ccc12. The van der Waals surface area contributed by atoms with E-state index in [-0.39, 0.29) is 0 Å². The van der Waals surface area contributed by atoms with Crippen LogP contribution in [0.2, 0.25) is 0 Å². The molecule has 0 atom stereocenters. The van der Waals surface area contributed by atoms with Gasteiger partial charge in [0.05, 0.1) is 17.5 Å². The van der Waals surface area contributed by atoms with Crippen molar-refractivity contribution in [1.29, 1.82) is 0 Å². The Morgan fingerprint density at radius 2 is 2.29 bits per heavy atom. The number of hydrogen-bond donors (Lipinski definition) is 1. The predicted molar refractivity (Wildman–Crippen MR) is 62.3 cm³/mol. The number of fused-ring (bicyclic) bond motifs is 1. The highest BCUT2D eigenvalue weighted by Gasteiger charge is 2.09. The van der Waals surface area contributed by atoms with Gasteiger partial charge in [0.15, 0.2) is 0 Å². The molecule has 0 radical (unpaired) electrons. The monoisotopic (exact) mass is 227 g/mol. The van der Waals surface area contributed by atoms with Gasteiger partial charge in [0.1, 0.15) is 5.75 Å². The number of rotatable bonds is 2. The summed E-state index contributed by atoms with van der Waals surface area (Å²) in [4.78, 5) is 0. The third kappa shape index (κ3) is 1.33. The number of anilines is 1. The second-order valence-electron chi connectivity index (χ2n) is 2.95. The van der Waals surface area contributed by atoms with Crippen LogP contribution in [0, 0.1) is 0 Å². The quantitative estimate of drug-likeness (QED) is 0.632. The van der Waals surface area contributed by atoms with E-state index in [1.54, 1.807) is 18.4 Å². The summed E-state index contributed by atoms with van der Waals surface area (Å²) in [6.45, 7) is 0. The lowest BCUT2D eigenvalue weighted by molar-refractivity contribution is 0.421. The van der Waals surface area contributed by atoms with Crippen LogP contribution >= 0.6 is 22.9 Å². The van der Waals surface area contributed by atoms with Crippen molar-refractivity contribution in [3.05, 3.63) is 23.1 Å². The highest BCUT2D eigenvalue weighted by molar-refractivity contribution is 7.18. The second-order valence-corrected chi connectivity index (χ2v) is 4.10. The molecule has 1 heterocycles. The zero-order valence-corrected chi connectivity index (χ0v) is 9.28. The lowest BCUT2D eigenvalue weighted by Gasteiger charge is -2.03. The molecular weight excluding hydrogens is 218 g/mol. The Balaban J connectivity index is 2.72. The van der Waals surface area contributed by atoms with Gasteiger partial charge in [0.2, 0.25) is 0 Å². The van der Waals surface area contributed by atoms with E-state index < -0.39 is 0 Å². The molecule has 74 valence electrons. The summed E-state index contributed by atoms with van der Waals surface area (Å²) < 4.78 is 6.27. The van der Waals surface area contributed by atoms with Crippen LogP contribution in [0.1, 0.15) is 5.56 Å². The molecule has 0 unspecified atom stereocenters. The van der Waals surface area contributed by atoms with Crippen LogP contribution in [-0.2, 0) is 5.88 Å². The number of methoxy groups -OCH3 is 1. The molecule has 1 aromatic heterocycles. The van der Waals surface area contributed by atoms with Gasteiger partial charge in [-0.2, -0.15) is 0 Å². The van der Waals surface area contributed by atoms with Crippen molar-refractivity contribution in [3.63, 3.8) is 0 Å². The Morgan fingerprint density at radius 1 is 1.50 bits per heavy atom. The molecule has 0 fully saturated rings. The first-order valence-corrected chi connectivity index (χ1v) is 5.58. The lowest BCUT2D eigenvalue weighted by Crippen LogP contribution is -1.91. The molecule has 0 aliphatic heterocycles. The van der Waals surface area contributed by atoms with Crippen molar-refractivity contribution >= 4 is 38.7 Å². The summed E-state index contributed by atoms with van der Waals surface area (Å²) >= 11 is 7.35. The average Bonchev–Trinajstić information content (AvgIpc) is 2.62. The number of nitrogens with two attached hydrogens (primary N) is 1. The second kappa shape index (κ2) is 3.67. The number of ether oxygens (including phenoxy) is 1. The molecule has 1 aromatic carbocycles. The minimum Gasteiger partial charge on any atom is -0.495 e. The van der Waals surface area contributed by atoms with Crippen LogP contribution in [0.5, 0.6) is 5.75 Å². The Hall–Kier alpha value is -0.930. The minimum absolute atomic E-state index is 0.446. The Kier molecular flexibility index (Phi) is 2.52. The maximum Gasteiger partial charge on any atom is 0.137 e. The maximum absolute atomic E-state index is 5.97. The molecule has 2 rings (SSSR count). The zero-order valence-electron chi connectivity index (χ0n) is 7.71. The van der Waals surface area contributed by atoms with Crippen LogP contribution < -0.4 is 10.5 Å². The summed E-state index contributed by atoms with van der Waals surface area (Å²) in [5, 5.41) is 3.02. The number of halogens is 1. The summed E-state index contributed by atoms with van der Waals surface area (Å²) in [7, 11) is 1.66. The minimum atomic E-state index is 0.446. The van der Waals surface area contributed by atoms with Crippen molar-refractivity contribution in [2.24, 2.45) is 0 Å². The van der Waals surface area contributed by atoms with Gasteiger partial charge in [-0.25, -0.2) is 0 Å². The fourth-order valence-electron chi connectivity index (χ4n) is 1.41. The number of benzene rings is 1. The Morgan fingerprint density at radius 3 is 2.93 bits per heavy atom. The zero-order chi connectivity index (χ0) is 10.1. The number of hydrogen-bond acceptors (Lipinski definition) is 3. The third-order valence-corrected chi connectivity index (χ3v) is 3.49. The van der Waals surface area contributed by atoms with E-state index in [0.29, 0.717) is 5.88 Å². The van der Waals surface area contributed by atoms with Gasteiger partial charge in [-0.1, -0.05) is 6.07 Å². The first kappa shape index (κ1) is 9.62. The van der Waals surface area contributed by atoms with Crippen LogP contribution in [-0.4, -0.2) is 7.11 Å². The molecule has 2 N–H and O–H groups in total. The van der Waals surface area contributed by atoms with Gasteiger partial charge in [-0.15, -0.1) is 22.9 Å². The first-order chi connectivity index (χ1) is 6.77. The summed E-state index contributed by atoms with van der Waals surface area (Å²) in [5.74, 6) is 1.32. The lowest BCUT2D eigenvalue weighted by atomic mass is 10.1. The highest BCUT2D eigenvalue weighted by Crippen LogP contribution is 2.37. The van der Waals surface area contributed by atoms with E-state index in [9.17, 15) is 0 Å². The molecule has 0 bridgehead atoms. The molecule has 0 amide bonds. The largest absolute Gasteiger partial charge is 0.495 e. The summed E-state index contributed by atoms with van der Waals surface area (Å²) in [6.07, 6.45) is 0. The van der Waals surface area contributed by atoms with E-state index in [0.717, 1.165) is 27.1 Å². The van der Waals surface area contributed by atoms with E-state index in [2.05, 4.69) is 0 Å². The number of thiophene rings is 1. The topological polar surface area (TPSA) is 35.2 Å². The van der Waals surface area contributed by atoms with Gasteiger partial charge < -0.3 is 10.5 Å². The van der Waals surface area contributed by atoms with Crippen molar-refractivity contribution < 1.29 is 4.74 Å². The highest BCUT2D eigenvalue weighted by atomic mass is 35.5. The molecule has 4 heteroatoms. The molecule has 2 aromatic rings. The van der Waals surface area contributed by atoms with Gasteiger partial charge in [-0.05, 0) is 11.6 Å². The number of alkyl halides is 1. The van der Waals surface area contributed by atoms with Crippen LogP contribution in [0.25, 0.3) is 10.1 Å². The van der Waals surface area contributed by atoms with Crippen molar-refractivity contribution in [1.82, 2.24) is 0 Å². The van der Waals surface area contributed by atoms with Crippen molar-refractivity contribution in [2.45, 2.75) is 5.88 Å². The molecule has 0 saturated carbocycles. The summed E-state index contributed by atoms with van der Waals surface area (Å²) in [5.41, 5.74) is 7.71. The van der Waals surface area contributed by atoms with Crippen LogP contribution in [0.4, 0.5) is 5.69 Å². The normalized spacial score (nSPS) is 10.7. The van der Waals surface area contributed by atoms with E-state index in [1.807, 2.05) is 17.5 Å². The molecule has 0 spiro atoms. The van der Waals surface area contributed by atoms with Gasteiger partial charge in [0, 0.05) is 16.6 Å². The fraction of sp³-hybridized carbons (Fsp3) is 0.200. The third-order valence-electron chi connectivity index (χ3n) is 2.20. The van der Waals surface area contributed by atoms with E-state index in [1.165, 1.54) is 0 Å². The van der Waals surface area contributed by atoms with Crippen molar-refractivity contribution in [2.75, 3.05) is 12.8 Å². The molecular formula is C10H10ClNOS. The molecule has 0 aliphatic carbocycles. The Labute approximate surface area is 91.2 Å². The van der Waals surface area contributed by atoms with Gasteiger partial charge >= 0.3 is 0 Å². The van der Waals surface area contributed by atoms with Crippen LogP contribution in [0.15, 0.2) is 17.5 Å². The molecule has 2 nitrogen and oxygen atoms in total. The predicted octanol–water partition coefficient (Wildman–Crippen LogP) is 3.23. The smallest absolute Gasteiger partial charge is 0.137 e. The molecule has 14 heavy (non-hydrogen) atoms. The maximum atomic E-state index is 5.97. The molecule has 0 aliphatic rings. The molecule has 0 saturated heterocycles. The fourth-order valence-corrected chi connectivity index (χ4v) is 2.65. The summed E-state index contributed by atoms with van der Waals surface area (Å²) in [6, 6.07) is 3.94. The van der Waals surface area contributed by atoms with Crippen molar-refractivity contribution in [3.8, 4) is 5.75 Å². The van der Waals surface area contributed by atoms with Gasteiger partial charge in [0.25, 0.3) is 0 Å². The van der Waals surface area contributed by atoms with E-state index >= 15 is 0 Å². The van der Waals surface area contributed by atoms with E-state index in [4.69, 9.17) is 22.1 Å². The first-order valence-electron chi connectivity index (χ1n) is 4.16. The standard InChI is InChI=1S/C10H10ClNOS/c1-13-8-5-14-10-7(8)3-2-6(4-11)9(10)12/h2-3,5H,4,12H2,1H3. The van der Waals surface area contributed by atoms with Gasteiger partial charge in [-0.3, -0.25) is 0 Å². The average molecular weight is 228 g/mol. The Bertz CT molecular complexity index is 466.